The second-order valence-corrected chi connectivity index (χ2v) is 13.2. The van der Waals surface area contributed by atoms with E-state index in [1.165, 1.54) is 18.5 Å². The van der Waals surface area contributed by atoms with Crippen molar-refractivity contribution in [1.82, 2.24) is 19.4 Å². The van der Waals surface area contributed by atoms with Gasteiger partial charge in [0.15, 0.2) is 0 Å². The fraction of sp³-hybridized carbons (Fsp3) is 0.378. The molecule has 7 rings (SSSR count). The van der Waals surface area contributed by atoms with Gasteiger partial charge in [0.05, 0.1) is 12.2 Å². The number of imidazole rings is 1. The molecule has 2 fully saturated rings. The van der Waals surface area contributed by atoms with Crippen LogP contribution in [0.25, 0.3) is 0 Å². The molecule has 9 heteroatoms. The maximum atomic E-state index is 13.4. The van der Waals surface area contributed by atoms with Crippen molar-refractivity contribution >= 4 is 34.9 Å². The number of para-hydroxylation sites is 1. The lowest BCUT2D eigenvalue weighted by Crippen LogP contribution is -2.45. The minimum absolute atomic E-state index is 0.0816. The molecule has 3 atom stereocenters. The summed E-state index contributed by atoms with van der Waals surface area (Å²) in [6.07, 6.45) is 6.41. The van der Waals surface area contributed by atoms with E-state index in [9.17, 15) is 9.59 Å². The number of hydrogen-bond donors (Lipinski definition) is 1. The van der Waals surface area contributed by atoms with E-state index in [1.54, 1.807) is 12.1 Å². The first-order valence-electron chi connectivity index (χ1n) is 16.5. The summed E-state index contributed by atoms with van der Waals surface area (Å²) in [6, 6.07) is 28.0. The van der Waals surface area contributed by atoms with Gasteiger partial charge in [0.25, 0.3) is 5.91 Å². The summed E-state index contributed by atoms with van der Waals surface area (Å²) in [5.41, 5.74) is 4.72. The Kier molecular flexibility index (Phi) is 8.82. The van der Waals surface area contributed by atoms with E-state index in [4.69, 9.17) is 16.6 Å². The molecule has 2 bridgehead atoms. The van der Waals surface area contributed by atoms with Gasteiger partial charge in [0.2, 0.25) is 0 Å². The topological polar surface area (TPSA) is 73.7 Å². The van der Waals surface area contributed by atoms with E-state index >= 15 is 0 Å². The molecule has 4 aromatic rings. The van der Waals surface area contributed by atoms with Gasteiger partial charge < -0.3 is 14.8 Å². The largest absolute Gasteiger partial charge is 0.332 e. The number of amides is 3. The van der Waals surface area contributed by atoms with Gasteiger partial charge in [-0.2, -0.15) is 0 Å². The highest BCUT2D eigenvalue weighted by atomic mass is 35.5. The van der Waals surface area contributed by atoms with Crippen molar-refractivity contribution in [3.8, 4) is 0 Å². The van der Waals surface area contributed by atoms with Crippen molar-refractivity contribution in [2.75, 3.05) is 29.9 Å². The Hall–Kier alpha value is -4.14. The molecule has 2 saturated heterocycles. The minimum Gasteiger partial charge on any atom is -0.332 e. The summed E-state index contributed by atoms with van der Waals surface area (Å²) < 4.78 is 2.51. The van der Waals surface area contributed by atoms with Crippen LogP contribution in [0.4, 0.5) is 16.2 Å². The van der Waals surface area contributed by atoms with Gasteiger partial charge >= 0.3 is 6.03 Å². The Morgan fingerprint density at radius 3 is 2.28 bits per heavy atom. The Balaban J connectivity index is 0.986. The fourth-order valence-corrected chi connectivity index (χ4v) is 8.00. The third kappa shape index (κ3) is 6.29. The maximum Gasteiger partial charge on any atom is 0.326 e. The highest BCUT2D eigenvalue weighted by Gasteiger charge is 2.42. The molecular formula is C37H41ClN6O2. The van der Waals surface area contributed by atoms with Crippen molar-refractivity contribution in [2.45, 2.75) is 70.1 Å². The molecule has 8 nitrogen and oxygen atoms in total. The van der Waals surface area contributed by atoms with Crippen LogP contribution in [0.5, 0.6) is 0 Å². The molecule has 46 heavy (non-hydrogen) atoms. The quantitative estimate of drug-likeness (QED) is 0.220. The molecule has 3 amide bonds. The lowest BCUT2D eigenvalue weighted by molar-refractivity contribution is 0.0728. The number of piperidine rings is 1. The summed E-state index contributed by atoms with van der Waals surface area (Å²) in [5, 5.41) is 3.68. The predicted molar refractivity (Wildman–Crippen MR) is 183 cm³/mol. The van der Waals surface area contributed by atoms with Gasteiger partial charge in [-0.15, -0.1) is 0 Å². The van der Waals surface area contributed by atoms with Crippen LogP contribution >= 0.6 is 11.6 Å². The zero-order valence-electron chi connectivity index (χ0n) is 26.3. The number of fused-ring (bicyclic) bond motifs is 3. The van der Waals surface area contributed by atoms with Gasteiger partial charge in [-0.1, -0.05) is 48.0 Å². The number of carbonyl (C=O) groups is 2. The molecule has 0 saturated carbocycles. The second kappa shape index (κ2) is 13.3. The first-order valence-corrected chi connectivity index (χ1v) is 16.9. The third-order valence-corrected chi connectivity index (χ3v) is 10.2. The van der Waals surface area contributed by atoms with E-state index < -0.39 is 0 Å². The van der Waals surface area contributed by atoms with Crippen LogP contribution in [-0.2, 0) is 13.0 Å². The van der Waals surface area contributed by atoms with Crippen LogP contribution in [0, 0.1) is 6.92 Å². The molecule has 4 heterocycles. The Morgan fingerprint density at radius 1 is 0.913 bits per heavy atom. The fourth-order valence-electron chi connectivity index (χ4n) is 7.87. The van der Waals surface area contributed by atoms with Crippen LogP contribution in [0.1, 0.15) is 65.7 Å². The average molecular weight is 637 g/mol. The molecule has 0 radical (unpaired) electrons. The number of aromatic nitrogens is 2. The summed E-state index contributed by atoms with van der Waals surface area (Å²) in [7, 11) is 0. The number of halogens is 1. The standard InChI is InChI=1S/C37H41ClN6O2/c1-26-39-34-25-41(36(45)27-9-4-2-5-10-27)22-19-35(34)44(26)33-23-31-17-18-32(24-33)42(31)20-8-21-43(30-11-6-3-7-12-30)37(46)40-29-15-13-28(38)14-16-29/h2-7,9-16,31-33H,8,17-25H2,1H3,(H,40,46)/t31-,32+,33?. The molecule has 1 unspecified atom stereocenters. The lowest BCUT2D eigenvalue weighted by atomic mass is 9.95. The van der Waals surface area contributed by atoms with E-state index in [-0.39, 0.29) is 11.9 Å². The highest BCUT2D eigenvalue weighted by Crippen LogP contribution is 2.42. The molecule has 1 N–H and O–H groups in total. The first kappa shape index (κ1) is 30.5. The Bertz CT molecular complexity index is 1660. The molecule has 0 aliphatic carbocycles. The predicted octanol–water partition coefficient (Wildman–Crippen LogP) is 7.34. The second-order valence-electron chi connectivity index (χ2n) is 12.8. The number of carbonyl (C=O) groups excluding carboxylic acids is 2. The van der Waals surface area contributed by atoms with E-state index in [1.807, 2.05) is 82.6 Å². The van der Waals surface area contributed by atoms with E-state index in [2.05, 4.69) is 21.7 Å². The van der Waals surface area contributed by atoms with E-state index in [0.717, 1.165) is 67.2 Å². The zero-order chi connectivity index (χ0) is 31.6. The summed E-state index contributed by atoms with van der Waals surface area (Å²) in [5.74, 6) is 1.15. The Labute approximate surface area is 276 Å². The van der Waals surface area contributed by atoms with Gasteiger partial charge in [0.1, 0.15) is 5.82 Å². The number of urea groups is 1. The molecular weight excluding hydrogens is 596 g/mol. The SMILES string of the molecule is Cc1nc2c(n1C1C[C@H]3CC[C@@H](C1)N3CCCN(C(=O)Nc1ccc(Cl)cc1)c1ccccc1)CCN(C(=O)c1ccccc1)C2. The van der Waals surface area contributed by atoms with Crippen LogP contribution < -0.4 is 10.2 Å². The van der Waals surface area contributed by atoms with Crippen molar-refractivity contribution < 1.29 is 9.59 Å². The molecule has 3 aliphatic heterocycles. The van der Waals surface area contributed by atoms with Gasteiger partial charge in [-0.3, -0.25) is 14.6 Å². The van der Waals surface area contributed by atoms with Gasteiger partial charge in [-0.25, -0.2) is 9.78 Å². The minimum atomic E-state index is -0.139. The molecule has 238 valence electrons. The molecule has 3 aliphatic rings. The average Bonchev–Trinajstić information content (AvgIpc) is 3.53. The highest BCUT2D eigenvalue weighted by molar-refractivity contribution is 6.30. The van der Waals surface area contributed by atoms with E-state index in [0.29, 0.717) is 36.2 Å². The summed E-state index contributed by atoms with van der Waals surface area (Å²) in [6.45, 7) is 5.03. The van der Waals surface area contributed by atoms with Crippen LogP contribution in [-0.4, -0.2) is 63.0 Å². The number of aryl methyl sites for hydroxylation is 1. The molecule has 1 aromatic heterocycles. The third-order valence-electron chi connectivity index (χ3n) is 9.97. The normalized spacial score (nSPS) is 20.7. The maximum absolute atomic E-state index is 13.4. The number of nitrogens with one attached hydrogen (secondary N) is 1. The number of nitrogens with zero attached hydrogens (tertiary/aromatic N) is 5. The van der Waals surface area contributed by atoms with Crippen LogP contribution in [0.15, 0.2) is 84.9 Å². The van der Waals surface area contributed by atoms with Crippen molar-refractivity contribution in [3.63, 3.8) is 0 Å². The van der Waals surface area contributed by atoms with Gasteiger partial charge in [0, 0.05) is 71.8 Å². The molecule has 3 aromatic carbocycles. The number of rotatable bonds is 8. The van der Waals surface area contributed by atoms with Gasteiger partial charge in [-0.05, 0) is 87.6 Å². The van der Waals surface area contributed by atoms with Crippen molar-refractivity contribution in [1.29, 1.82) is 0 Å². The number of benzene rings is 3. The summed E-state index contributed by atoms with van der Waals surface area (Å²) in [4.78, 5) is 38.0. The smallest absolute Gasteiger partial charge is 0.326 e. The number of anilines is 2. The van der Waals surface area contributed by atoms with Crippen LogP contribution in [0.2, 0.25) is 5.02 Å². The number of hydrogen-bond acceptors (Lipinski definition) is 4. The van der Waals surface area contributed by atoms with Crippen LogP contribution in [0.3, 0.4) is 0 Å². The zero-order valence-corrected chi connectivity index (χ0v) is 27.1. The van der Waals surface area contributed by atoms with Crippen molar-refractivity contribution in [2.24, 2.45) is 0 Å². The van der Waals surface area contributed by atoms with Crippen molar-refractivity contribution in [3.05, 3.63) is 113 Å². The summed E-state index contributed by atoms with van der Waals surface area (Å²) >= 11 is 6.04. The molecule has 0 spiro atoms. The lowest BCUT2D eigenvalue weighted by Gasteiger charge is -2.41. The Morgan fingerprint density at radius 2 is 1.59 bits per heavy atom. The first-order chi connectivity index (χ1) is 22.4. The monoisotopic (exact) mass is 636 g/mol.